The zero-order valence-electron chi connectivity index (χ0n) is 10.7. The van der Waals surface area contributed by atoms with Crippen LogP contribution in [0.3, 0.4) is 0 Å². The molecule has 0 saturated carbocycles. The molecular formula is C12H14ClN3O2S. The van der Waals surface area contributed by atoms with Gasteiger partial charge in [0, 0.05) is 29.6 Å². The maximum Gasteiger partial charge on any atom is 0.264 e. The lowest BCUT2D eigenvalue weighted by atomic mass is 10.2. The smallest absolute Gasteiger partial charge is 0.264 e. The summed E-state index contributed by atoms with van der Waals surface area (Å²) in [4.78, 5) is 4.15. The van der Waals surface area contributed by atoms with E-state index >= 15 is 0 Å². The van der Waals surface area contributed by atoms with E-state index in [0.717, 1.165) is 12.0 Å². The molecule has 0 bridgehead atoms. The Hall–Kier alpha value is -1.40. The van der Waals surface area contributed by atoms with E-state index in [-0.39, 0.29) is 4.90 Å². The Bertz CT molecular complexity index is 681. The van der Waals surface area contributed by atoms with Gasteiger partial charge in [-0.1, -0.05) is 6.07 Å². The molecule has 2 aromatic rings. The maximum atomic E-state index is 11.5. The van der Waals surface area contributed by atoms with Crippen LogP contribution >= 0.6 is 10.7 Å². The fourth-order valence-corrected chi connectivity index (χ4v) is 3.55. The predicted octanol–water partition coefficient (Wildman–Crippen LogP) is 2.07. The Labute approximate surface area is 116 Å². The van der Waals surface area contributed by atoms with Gasteiger partial charge < -0.3 is 0 Å². The first-order chi connectivity index (χ1) is 8.89. The van der Waals surface area contributed by atoms with Crippen LogP contribution in [0, 0.1) is 13.8 Å². The van der Waals surface area contributed by atoms with Gasteiger partial charge in [-0.05, 0) is 31.9 Å². The second kappa shape index (κ2) is 5.30. The van der Waals surface area contributed by atoms with Gasteiger partial charge in [-0.15, -0.1) is 0 Å². The maximum absolute atomic E-state index is 11.5. The molecule has 0 aromatic carbocycles. The third-order valence-corrected chi connectivity index (χ3v) is 4.44. The van der Waals surface area contributed by atoms with E-state index in [1.54, 1.807) is 30.9 Å². The number of rotatable bonds is 4. The summed E-state index contributed by atoms with van der Waals surface area (Å²) in [5, 5.41) is 4.22. The number of nitrogens with zero attached hydrogens (tertiary/aromatic N) is 3. The van der Waals surface area contributed by atoms with Crippen LogP contribution in [-0.2, 0) is 22.0 Å². The SMILES string of the molecule is Cc1nn(CCc2cccnc2)c(C)c1S(=O)(=O)Cl. The summed E-state index contributed by atoms with van der Waals surface area (Å²) in [6.45, 7) is 3.94. The molecular weight excluding hydrogens is 286 g/mol. The molecule has 0 aliphatic heterocycles. The largest absolute Gasteiger partial charge is 0.268 e. The number of aryl methyl sites for hydroxylation is 3. The second-order valence-electron chi connectivity index (χ2n) is 4.27. The highest BCUT2D eigenvalue weighted by molar-refractivity contribution is 8.13. The van der Waals surface area contributed by atoms with E-state index in [2.05, 4.69) is 10.1 Å². The Balaban J connectivity index is 2.24. The number of aromatic nitrogens is 3. The topological polar surface area (TPSA) is 64.8 Å². The van der Waals surface area contributed by atoms with E-state index < -0.39 is 9.05 Å². The molecule has 102 valence electrons. The van der Waals surface area contributed by atoms with Gasteiger partial charge in [0.1, 0.15) is 4.90 Å². The van der Waals surface area contributed by atoms with Gasteiger partial charge in [-0.25, -0.2) is 8.42 Å². The summed E-state index contributed by atoms with van der Waals surface area (Å²) in [6.07, 6.45) is 4.23. The van der Waals surface area contributed by atoms with Crippen molar-refractivity contribution < 1.29 is 8.42 Å². The average molecular weight is 300 g/mol. The summed E-state index contributed by atoms with van der Waals surface area (Å²) in [5.41, 5.74) is 2.07. The third-order valence-electron chi connectivity index (χ3n) is 2.89. The molecule has 2 heterocycles. The first-order valence-corrected chi connectivity index (χ1v) is 8.08. The van der Waals surface area contributed by atoms with Crippen LogP contribution in [0.5, 0.6) is 0 Å². The molecule has 0 N–H and O–H groups in total. The number of pyridine rings is 1. The van der Waals surface area contributed by atoms with Crippen LogP contribution in [-0.4, -0.2) is 23.2 Å². The lowest BCUT2D eigenvalue weighted by Gasteiger charge is -2.04. The molecule has 0 unspecified atom stereocenters. The molecule has 0 saturated heterocycles. The van der Waals surface area contributed by atoms with Crippen molar-refractivity contribution in [1.29, 1.82) is 0 Å². The lowest BCUT2D eigenvalue weighted by Crippen LogP contribution is -2.06. The van der Waals surface area contributed by atoms with Crippen molar-refractivity contribution in [2.75, 3.05) is 0 Å². The standard InChI is InChI=1S/C12H14ClN3O2S/c1-9-12(19(13,17)18)10(2)16(15-9)7-5-11-4-3-6-14-8-11/h3-4,6,8H,5,7H2,1-2H3. The van der Waals surface area contributed by atoms with Crippen LogP contribution in [0.4, 0.5) is 0 Å². The lowest BCUT2D eigenvalue weighted by molar-refractivity contribution is 0.589. The molecule has 19 heavy (non-hydrogen) atoms. The monoisotopic (exact) mass is 299 g/mol. The van der Waals surface area contributed by atoms with E-state index in [0.29, 0.717) is 17.9 Å². The quantitative estimate of drug-likeness (QED) is 0.811. The zero-order chi connectivity index (χ0) is 14.0. The zero-order valence-corrected chi connectivity index (χ0v) is 12.2. The van der Waals surface area contributed by atoms with Gasteiger partial charge in [0.25, 0.3) is 9.05 Å². The summed E-state index contributed by atoms with van der Waals surface area (Å²) < 4.78 is 24.6. The van der Waals surface area contributed by atoms with Crippen molar-refractivity contribution in [2.24, 2.45) is 0 Å². The molecule has 2 rings (SSSR count). The fraction of sp³-hybridized carbons (Fsp3) is 0.333. The van der Waals surface area contributed by atoms with Crippen molar-refractivity contribution >= 4 is 19.7 Å². The summed E-state index contributed by atoms with van der Waals surface area (Å²) in [6, 6.07) is 3.84. The van der Waals surface area contributed by atoms with Gasteiger partial charge in [-0.2, -0.15) is 5.10 Å². The minimum atomic E-state index is -3.75. The van der Waals surface area contributed by atoms with Gasteiger partial charge in [0.2, 0.25) is 0 Å². The molecule has 0 amide bonds. The Kier molecular flexibility index (Phi) is 3.91. The first kappa shape index (κ1) is 14.0. The second-order valence-corrected chi connectivity index (χ2v) is 6.77. The van der Waals surface area contributed by atoms with Crippen LogP contribution in [0.1, 0.15) is 17.0 Å². The van der Waals surface area contributed by atoms with E-state index in [1.165, 1.54) is 0 Å². The van der Waals surface area contributed by atoms with Gasteiger partial charge in [0.15, 0.2) is 0 Å². The average Bonchev–Trinajstić information content (AvgIpc) is 2.62. The molecule has 0 aliphatic rings. The highest BCUT2D eigenvalue weighted by Crippen LogP contribution is 2.23. The molecule has 0 spiro atoms. The number of hydrogen-bond donors (Lipinski definition) is 0. The number of halogens is 1. The van der Waals surface area contributed by atoms with Crippen molar-refractivity contribution in [3.05, 3.63) is 41.5 Å². The minimum Gasteiger partial charge on any atom is -0.268 e. The minimum absolute atomic E-state index is 0.111. The molecule has 7 heteroatoms. The molecule has 5 nitrogen and oxygen atoms in total. The summed E-state index contributed by atoms with van der Waals surface area (Å²) >= 11 is 0. The van der Waals surface area contributed by atoms with Crippen LogP contribution in [0.2, 0.25) is 0 Å². The van der Waals surface area contributed by atoms with Crippen LogP contribution < -0.4 is 0 Å². The van der Waals surface area contributed by atoms with E-state index in [9.17, 15) is 8.42 Å². The highest BCUT2D eigenvalue weighted by Gasteiger charge is 2.22. The Morgan fingerprint density at radius 1 is 1.37 bits per heavy atom. The van der Waals surface area contributed by atoms with Crippen molar-refractivity contribution in [2.45, 2.75) is 31.7 Å². The molecule has 0 aliphatic carbocycles. The van der Waals surface area contributed by atoms with Gasteiger partial charge in [0.05, 0.1) is 11.4 Å². The third kappa shape index (κ3) is 3.13. The fourth-order valence-electron chi connectivity index (χ4n) is 2.03. The molecule has 0 radical (unpaired) electrons. The van der Waals surface area contributed by atoms with E-state index in [1.807, 2.05) is 12.1 Å². The Morgan fingerprint density at radius 2 is 2.11 bits per heavy atom. The van der Waals surface area contributed by atoms with Gasteiger partial charge >= 0.3 is 0 Å². The highest BCUT2D eigenvalue weighted by atomic mass is 35.7. The van der Waals surface area contributed by atoms with Gasteiger partial charge in [-0.3, -0.25) is 9.67 Å². The number of hydrogen-bond acceptors (Lipinski definition) is 4. The van der Waals surface area contributed by atoms with Crippen LogP contribution in [0.25, 0.3) is 0 Å². The van der Waals surface area contributed by atoms with Crippen molar-refractivity contribution in [3.8, 4) is 0 Å². The van der Waals surface area contributed by atoms with Crippen LogP contribution in [0.15, 0.2) is 29.4 Å². The molecule has 0 atom stereocenters. The van der Waals surface area contributed by atoms with Crippen molar-refractivity contribution in [3.63, 3.8) is 0 Å². The normalized spacial score (nSPS) is 11.7. The predicted molar refractivity (Wildman–Crippen MR) is 72.7 cm³/mol. The summed E-state index contributed by atoms with van der Waals surface area (Å²) in [7, 11) is 1.66. The van der Waals surface area contributed by atoms with E-state index in [4.69, 9.17) is 10.7 Å². The molecule has 0 fully saturated rings. The first-order valence-electron chi connectivity index (χ1n) is 5.77. The summed E-state index contributed by atoms with van der Waals surface area (Å²) in [5.74, 6) is 0. The Morgan fingerprint density at radius 3 is 2.63 bits per heavy atom. The van der Waals surface area contributed by atoms with Crippen molar-refractivity contribution in [1.82, 2.24) is 14.8 Å². The molecule has 2 aromatic heterocycles.